The van der Waals surface area contributed by atoms with Crippen molar-refractivity contribution in [1.29, 1.82) is 0 Å². The Morgan fingerprint density at radius 1 is 1.38 bits per heavy atom. The quantitative estimate of drug-likeness (QED) is 0.634. The van der Waals surface area contributed by atoms with Gasteiger partial charge in [-0.15, -0.1) is 0 Å². The molecule has 0 saturated heterocycles. The van der Waals surface area contributed by atoms with Gasteiger partial charge in [0, 0.05) is 18.8 Å². The lowest BCUT2D eigenvalue weighted by molar-refractivity contribution is 0.619. The molecule has 0 amide bonds. The summed E-state index contributed by atoms with van der Waals surface area (Å²) in [6, 6.07) is 8.80. The first-order valence-corrected chi connectivity index (χ1v) is 5.16. The second kappa shape index (κ2) is 3.41. The molecular formula is C12H17N. The van der Waals surface area contributed by atoms with Crippen molar-refractivity contribution in [2.45, 2.75) is 26.2 Å². The predicted molar refractivity (Wildman–Crippen MR) is 57.4 cm³/mol. The van der Waals surface area contributed by atoms with Crippen molar-refractivity contribution >= 4 is 5.69 Å². The number of nitrogens with zero attached hydrogens (tertiary/aromatic N) is 1. The van der Waals surface area contributed by atoms with Crippen LogP contribution in [0, 0.1) is 0 Å². The number of hydrogen-bond acceptors (Lipinski definition) is 1. The van der Waals surface area contributed by atoms with E-state index in [4.69, 9.17) is 0 Å². The largest absolute Gasteiger partial charge is 0.372 e. The van der Waals surface area contributed by atoms with E-state index in [-0.39, 0.29) is 0 Å². The molecule has 1 aromatic rings. The molecule has 1 nitrogen and oxygen atoms in total. The number of hydrogen-bond donors (Lipinski definition) is 0. The van der Waals surface area contributed by atoms with E-state index >= 15 is 0 Å². The highest BCUT2D eigenvalue weighted by atomic mass is 15.1. The van der Waals surface area contributed by atoms with Crippen LogP contribution in [0.5, 0.6) is 0 Å². The molecule has 0 aliphatic carbocycles. The summed E-state index contributed by atoms with van der Waals surface area (Å²) in [4.78, 5) is 2.47. The lowest BCUT2D eigenvalue weighted by atomic mass is 9.92. The number of rotatable bonds is 1. The van der Waals surface area contributed by atoms with Crippen LogP contribution in [-0.4, -0.2) is 13.1 Å². The Morgan fingerprint density at radius 3 is 2.92 bits per heavy atom. The average Bonchev–Trinajstić information content (AvgIpc) is 2.19. The normalized spacial score (nSPS) is 21.4. The van der Waals surface area contributed by atoms with Crippen LogP contribution in [0.15, 0.2) is 24.3 Å². The van der Waals surface area contributed by atoms with Gasteiger partial charge in [-0.1, -0.05) is 25.1 Å². The standard InChI is InChI=1S/C12H17N/c1-3-13-9-8-10(2)11-6-4-5-7-12(11)13/h4-7,10H,3,8-9H2,1-2H3/t10-/m1/s1. The van der Waals surface area contributed by atoms with Crippen molar-refractivity contribution in [3.63, 3.8) is 0 Å². The Hall–Kier alpha value is -0.980. The molecule has 1 atom stereocenters. The molecule has 0 bridgehead atoms. The maximum absolute atomic E-state index is 2.47. The summed E-state index contributed by atoms with van der Waals surface area (Å²) >= 11 is 0. The maximum Gasteiger partial charge on any atom is 0.0401 e. The zero-order valence-electron chi connectivity index (χ0n) is 8.46. The third-order valence-corrected chi connectivity index (χ3v) is 3.02. The zero-order valence-corrected chi connectivity index (χ0v) is 8.46. The van der Waals surface area contributed by atoms with Gasteiger partial charge in [0.05, 0.1) is 0 Å². The highest BCUT2D eigenvalue weighted by Gasteiger charge is 2.19. The first kappa shape index (κ1) is 8.61. The lowest BCUT2D eigenvalue weighted by Gasteiger charge is -2.33. The van der Waals surface area contributed by atoms with Crippen LogP contribution in [0.4, 0.5) is 5.69 Å². The molecule has 1 aliphatic rings. The summed E-state index contributed by atoms with van der Waals surface area (Å²) in [5, 5.41) is 0. The van der Waals surface area contributed by atoms with E-state index in [1.165, 1.54) is 24.2 Å². The minimum absolute atomic E-state index is 0.735. The highest BCUT2D eigenvalue weighted by Crippen LogP contribution is 2.34. The fourth-order valence-corrected chi connectivity index (χ4v) is 2.15. The van der Waals surface area contributed by atoms with Gasteiger partial charge in [-0.3, -0.25) is 0 Å². The van der Waals surface area contributed by atoms with Gasteiger partial charge in [-0.2, -0.15) is 0 Å². The van der Waals surface area contributed by atoms with E-state index in [1.54, 1.807) is 0 Å². The van der Waals surface area contributed by atoms with Crippen molar-refractivity contribution in [2.24, 2.45) is 0 Å². The number of anilines is 1. The molecule has 0 saturated carbocycles. The summed E-state index contributed by atoms with van der Waals surface area (Å²) in [5.41, 5.74) is 2.97. The Kier molecular flexibility index (Phi) is 2.26. The number of para-hydroxylation sites is 1. The van der Waals surface area contributed by atoms with Crippen molar-refractivity contribution in [3.05, 3.63) is 29.8 Å². The summed E-state index contributed by atoms with van der Waals surface area (Å²) in [5.74, 6) is 0.735. The van der Waals surface area contributed by atoms with Crippen LogP contribution in [0.25, 0.3) is 0 Å². The van der Waals surface area contributed by atoms with Crippen LogP contribution in [0.1, 0.15) is 31.7 Å². The molecule has 1 heterocycles. The summed E-state index contributed by atoms with van der Waals surface area (Å²) in [7, 11) is 0. The summed E-state index contributed by atoms with van der Waals surface area (Å²) in [6.07, 6.45) is 1.30. The van der Waals surface area contributed by atoms with Crippen LogP contribution in [-0.2, 0) is 0 Å². The van der Waals surface area contributed by atoms with E-state index in [0.29, 0.717) is 0 Å². The molecular weight excluding hydrogens is 158 g/mol. The van der Waals surface area contributed by atoms with Gasteiger partial charge in [0.2, 0.25) is 0 Å². The topological polar surface area (TPSA) is 3.24 Å². The zero-order chi connectivity index (χ0) is 9.26. The van der Waals surface area contributed by atoms with Gasteiger partial charge in [0.15, 0.2) is 0 Å². The Labute approximate surface area is 80.4 Å². The number of benzene rings is 1. The predicted octanol–water partition coefficient (Wildman–Crippen LogP) is 3.02. The molecule has 0 radical (unpaired) electrons. The SMILES string of the molecule is CCN1CC[C@@H](C)c2ccccc21. The van der Waals surface area contributed by atoms with Gasteiger partial charge in [-0.05, 0) is 30.9 Å². The summed E-state index contributed by atoms with van der Waals surface area (Å²) in [6.45, 7) is 6.90. The smallest absolute Gasteiger partial charge is 0.0401 e. The van der Waals surface area contributed by atoms with Crippen LogP contribution >= 0.6 is 0 Å². The van der Waals surface area contributed by atoms with Crippen molar-refractivity contribution in [3.8, 4) is 0 Å². The fraction of sp³-hybridized carbons (Fsp3) is 0.500. The fourth-order valence-electron chi connectivity index (χ4n) is 2.15. The second-order valence-electron chi connectivity index (χ2n) is 3.83. The van der Waals surface area contributed by atoms with Gasteiger partial charge in [0.25, 0.3) is 0 Å². The highest BCUT2D eigenvalue weighted by molar-refractivity contribution is 5.56. The molecule has 1 aliphatic heterocycles. The molecule has 0 unspecified atom stereocenters. The van der Waals surface area contributed by atoms with Gasteiger partial charge < -0.3 is 4.90 Å². The minimum Gasteiger partial charge on any atom is -0.372 e. The third-order valence-electron chi connectivity index (χ3n) is 3.02. The molecule has 0 aromatic heterocycles. The number of fused-ring (bicyclic) bond motifs is 1. The monoisotopic (exact) mass is 175 g/mol. The van der Waals surface area contributed by atoms with Crippen molar-refractivity contribution in [1.82, 2.24) is 0 Å². The molecule has 0 fully saturated rings. The minimum atomic E-state index is 0.735. The summed E-state index contributed by atoms with van der Waals surface area (Å²) < 4.78 is 0. The molecule has 1 heteroatoms. The van der Waals surface area contributed by atoms with E-state index in [0.717, 1.165) is 12.5 Å². The molecule has 2 rings (SSSR count). The Morgan fingerprint density at radius 2 is 2.15 bits per heavy atom. The molecule has 0 spiro atoms. The van der Waals surface area contributed by atoms with Gasteiger partial charge in [-0.25, -0.2) is 0 Å². The van der Waals surface area contributed by atoms with Crippen molar-refractivity contribution < 1.29 is 0 Å². The first-order valence-electron chi connectivity index (χ1n) is 5.16. The second-order valence-corrected chi connectivity index (χ2v) is 3.83. The lowest BCUT2D eigenvalue weighted by Crippen LogP contribution is -2.30. The average molecular weight is 175 g/mol. The van der Waals surface area contributed by atoms with E-state index in [1.807, 2.05) is 0 Å². The van der Waals surface area contributed by atoms with Gasteiger partial charge >= 0.3 is 0 Å². The van der Waals surface area contributed by atoms with Crippen molar-refractivity contribution in [2.75, 3.05) is 18.0 Å². The molecule has 1 aromatic carbocycles. The third kappa shape index (κ3) is 1.43. The molecule has 70 valence electrons. The first-order chi connectivity index (χ1) is 6.33. The maximum atomic E-state index is 2.47. The van der Waals surface area contributed by atoms with Gasteiger partial charge in [0.1, 0.15) is 0 Å². The van der Waals surface area contributed by atoms with E-state index < -0.39 is 0 Å². The Balaban J connectivity index is 2.42. The van der Waals surface area contributed by atoms with Crippen LogP contribution in [0.2, 0.25) is 0 Å². The van der Waals surface area contributed by atoms with E-state index in [9.17, 15) is 0 Å². The molecule has 13 heavy (non-hydrogen) atoms. The molecule has 0 N–H and O–H groups in total. The van der Waals surface area contributed by atoms with Crippen LogP contribution < -0.4 is 4.90 Å². The van der Waals surface area contributed by atoms with Crippen LogP contribution in [0.3, 0.4) is 0 Å². The van der Waals surface area contributed by atoms with E-state index in [2.05, 4.69) is 43.0 Å². The Bertz CT molecular complexity index is 293.